The zero-order valence-corrected chi connectivity index (χ0v) is 8.75. The third-order valence-corrected chi connectivity index (χ3v) is 3.05. The van der Waals surface area contributed by atoms with Gasteiger partial charge in [0.25, 0.3) is 0 Å². The summed E-state index contributed by atoms with van der Waals surface area (Å²) in [5, 5.41) is 8.82. The Bertz CT molecular complexity index is 152. The fraction of sp³-hybridized carbons (Fsp3) is 1.00. The molecule has 78 valence electrons. The minimum absolute atomic E-state index is 0.0597. The number of hydrogen-bond acceptors (Lipinski definition) is 3. The lowest BCUT2D eigenvalue weighted by atomic mass is 9.97. The third kappa shape index (κ3) is 3.25. The van der Waals surface area contributed by atoms with Crippen LogP contribution in [0.2, 0.25) is 0 Å². The van der Waals surface area contributed by atoms with E-state index in [4.69, 9.17) is 9.84 Å². The summed E-state index contributed by atoms with van der Waals surface area (Å²) in [4.78, 5) is 2.31. The van der Waals surface area contributed by atoms with Gasteiger partial charge in [-0.05, 0) is 32.7 Å². The van der Waals surface area contributed by atoms with Crippen LogP contribution < -0.4 is 0 Å². The summed E-state index contributed by atoms with van der Waals surface area (Å²) in [6.45, 7) is 5.39. The van der Waals surface area contributed by atoms with Crippen molar-refractivity contribution >= 4 is 0 Å². The normalized spacial score (nSPS) is 31.6. The van der Waals surface area contributed by atoms with Crippen molar-refractivity contribution < 1.29 is 9.84 Å². The molecular weight excluding hydrogens is 166 g/mol. The minimum atomic E-state index is 0.0597. The zero-order valence-electron chi connectivity index (χ0n) is 8.75. The Morgan fingerprint density at radius 2 is 2.15 bits per heavy atom. The van der Waals surface area contributed by atoms with Gasteiger partial charge in [0.2, 0.25) is 0 Å². The van der Waals surface area contributed by atoms with E-state index in [9.17, 15) is 0 Å². The van der Waals surface area contributed by atoms with Crippen molar-refractivity contribution in [3.63, 3.8) is 0 Å². The quantitative estimate of drug-likeness (QED) is 0.711. The van der Waals surface area contributed by atoms with E-state index < -0.39 is 0 Å². The second-order valence-corrected chi connectivity index (χ2v) is 4.07. The lowest BCUT2D eigenvalue weighted by molar-refractivity contribution is -0.00593. The second-order valence-electron chi connectivity index (χ2n) is 4.07. The molecule has 0 spiro atoms. The standard InChI is InChI=1S/C10H21NO2/c1-10(13-2)4-3-6-11(7-5-10)8-9-12/h12H,3-9H2,1-2H3. The number of ether oxygens (including phenoxy) is 1. The van der Waals surface area contributed by atoms with Gasteiger partial charge in [-0.3, -0.25) is 0 Å². The van der Waals surface area contributed by atoms with E-state index in [1.807, 2.05) is 0 Å². The first kappa shape index (κ1) is 11.0. The van der Waals surface area contributed by atoms with Crippen molar-refractivity contribution in [2.45, 2.75) is 31.8 Å². The average molecular weight is 187 g/mol. The Balaban J connectivity index is 2.39. The molecule has 0 aromatic heterocycles. The van der Waals surface area contributed by atoms with E-state index in [0.717, 1.165) is 32.5 Å². The second kappa shape index (κ2) is 4.94. The first-order chi connectivity index (χ1) is 6.20. The van der Waals surface area contributed by atoms with Gasteiger partial charge in [-0.1, -0.05) is 0 Å². The summed E-state index contributed by atoms with van der Waals surface area (Å²) in [5.74, 6) is 0. The molecule has 1 aliphatic rings. The highest BCUT2D eigenvalue weighted by atomic mass is 16.5. The van der Waals surface area contributed by atoms with E-state index in [1.165, 1.54) is 6.42 Å². The first-order valence-electron chi connectivity index (χ1n) is 5.08. The molecule has 0 aliphatic carbocycles. The first-order valence-corrected chi connectivity index (χ1v) is 5.08. The van der Waals surface area contributed by atoms with Gasteiger partial charge in [0, 0.05) is 20.2 Å². The molecule has 1 aliphatic heterocycles. The SMILES string of the molecule is COC1(C)CCCN(CCO)CC1. The van der Waals surface area contributed by atoms with Crippen molar-refractivity contribution in [1.82, 2.24) is 4.90 Å². The van der Waals surface area contributed by atoms with Crippen LogP contribution in [0.1, 0.15) is 26.2 Å². The molecule has 0 saturated carbocycles. The largest absolute Gasteiger partial charge is 0.395 e. The molecule has 1 unspecified atom stereocenters. The van der Waals surface area contributed by atoms with Gasteiger partial charge >= 0.3 is 0 Å². The van der Waals surface area contributed by atoms with Crippen LogP contribution in [0.25, 0.3) is 0 Å². The Labute approximate surface area is 80.7 Å². The van der Waals surface area contributed by atoms with Gasteiger partial charge in [0.05, 0.1) is 12.2 Å². The van der Waals surface area contributed by atoms with Crippen LogP contribution in [0.3, 0.4) is 0 Å². The van der Waals surface area contributed by atoms with Crippen molar-refractivity contribution in [3.05, 3.63) is 0 Å². The number of likely N-dealkylation sites (tertiary alicyclic amines) is 1. The summed E-state index contributed by atoms with van der Waals surface area (Å²) in [6.07, 6.45) is 3.37. The van der Waals surface area contributed by atoms with Gasteiger partial charge < -0.3 is 14.7 Å². The highest BCUT2D eigenvalue weighted by molar-refractivity contribution is 4.80. The summed E-state index contributed by atoms with van der Waals surface area (Å²) in [6, 6.07) is 0. The molecule has 0 aromatic rings. The maximum Gasteiger partial charge on any atom is 0.0663 e. The maximum absolute atomic E-state index is 8.82. The van der Waals surface area contributed by atoms with Gasteiger partial charge in [0.15, 0.2) is 0 Å². The van der Waals surface area contributed by atoms with E-state index in [2.05, 4.69) is 11.8 Å². The fourth-order valence-electron chi connectivity index (χ4n) is 1.88. The van der Waals surface area contributed by atoms with E-state index in [-0.39, 0.29) is 12.2 Å². The number of methoxy groups -OCH3 is 1. The molecule has 3 nitrogen and oxygen atoms in total. The molecule has 1 atom stereocenters. The molecule has 1 heterocycles. The predicted octanol–water partition coefficient (Wildman–Crippen LogP) is 0.870. The summed E-state index contributed by atoms with van der Waals surface area (Å²) < 4.78 is 5.50. The summed E-state index contributed by atoms with van der Waals surface area (Å²) in [5.41, 5.74) is 0.0597. The number of hydrogen-bond donors (Lipinski definition) is 1. The molecule has 1 fully saturated rings. The molecule has 0 bridgehead atoms. The van der Waals surface area contributed by atoms with Crippen molar-refractivity contribution in [2.24, 2.45) is 0 Å². The van der Waals surface area contributed by atoms with Gasteiger partial charge in [-0.25, -0.2) is 0 Å². The molecule has 1 N–H and O–H groups in total. The molecule has 1 rings (SSSR count). The Morgan fingerprint density at radius 1 is 1.38 bits per heavy atom. The van der Waals surface area contributed by atoms with Crippen molar-refractivity contribution in [3.8, 4) is 0 Å². The van der Waals surface area contributed by atoms with Crippen molar-refractivity contribution in [2.75, 3.05) is 33.4 Å². The van der Waals surface area contributed by atoms with Gasteiger partial charge in [-0.2, -0.15) is 0 Å². The maximum atomic E-state index is 8.82. The highest BCUT2D eigenvalue weighted by Crippen LogP contribution is 2.24. The monoisotopic (exact) mass is 187 g/mol. The molecule has 0 radical (unpaired) electrons. The highest BCUT2D eigenvalue weighted by Gasteiger charge is 2.26. The fourth-order valence-corrected chi connectivity index (χ4v) is 1.88. The molecular formula is C10H21NO2. The zero-order chi connectivity index (χ0) is 9.73. The van der Waals surface area contributed by atoms with E-state index in [0.29, 0.717) is 0 Å². The molecule has 1 saturated heterocycles. The van der Waals surface area contributed by atoms with E-state index >= 15 is 0 Å². The molecule has 0 amide bonds. The van der Waals surface area contributed by atoms with Crippen LogP contribution in [0.5, 0.6) is 0 Å². The Hall–Kier alpha value is -0.120. The number of nitrogens with zero attached hydrogens (tertiary/aromatic N) is 1. The van der Waals surface area contributed by atoms with Crippen LogP contribution >= 0.6 is 0 Å². The number of aliphatic hydroxyl groups is 1. The number of aliphatic hydroxyl groups excluding tert-OH is 1. The van der Waals surface area contributed by atoms with E-state index in [1.54, 1.807) is 7.11 Å². The lowest BCUT2D eigenvalue weighted by Gasteiger charge is -2.26. The third-order valence-electron chi connectivity index (χ3n) is 3.05. The molecule has 3 heteroatoms. The van der Waals surface area contributed by atoms with Crippen LogP contribution in [-0.4, -0.2) is 49.0 Å². The van der Waals surface area contributed by atoms with Crippen LogP contribution in [-0.2, 0) is 4.74 Å². The number of β-amino-alcohol motifs (C(OH)–C–C–N with tert-alkyl or cyclic N) is 1. The lowest BCUT2D eigenvalue weighted by Crippen LogP contribution is -2.31. The molecule has 0 aromatic carbocycles. The smallest absolute Gasteiger partial charge is 0.0663 e. The Morgan fingerprint density at radius 3 is 2.77 bits per heavy atom. The van der Waals surface area contributed by atoms with Crippen molar-refractivity contribution in [1.29, 1.82) is 0 Å². The Kier molecular flexibility index (Phi) is 4.16. The summed E-state index contributed by atoms with van der Waals surface area (Å²) in [7, 11) is 1.79. The number of rotatable bonds is 3. The van der Waals surface area contributed by atoms with Gasteiger partial charge in [0.1, 0.15) is 0 Å². The van der Waals surface area contributed by atoms with Crippen LogP contribution in [0.15, 0.2) is 0 Å². The van der Waals surface area contributed by atoms with Gasteiger partial charge in [-0.15, -0.1) is 0 Å². The minimum Gasteiger partial charge on any atom is -0.395 e. The molecule has 13 heavy (non-hydrogen) atoms. The van der Waals surface area contributed by atoms with Crippen LogP contribution in [0.4, 0.5) is 0 Å². The van der Waals surface area contributed by atoms with Crippen LogP contribution in [0, 0.1) is 0 Å². The summed E-state index contributed by atoms with van der Waals surface area (Å²) >= 11 is 0. The average Bonchev–Trinajstić information content (AvgIpc) is 2.31. The topological polar surface area (TPSA) is 32.7 Å². The predicted molar refractivity (Wildman–Crippen MR) is 52.8 cm³/mol.